The van der Waals surface area contributed by atoms with Crippen LogP contribution in [0.1, 0.15) is 53.9 Å². The number of piperidine rings is 1. The number of ether oxygens (including phenoxy) is 1. The van der Waals surface area contributed by atoms with Gasteiger partial charge in [0.25, 0.3) is 0 Å². The average molecular weight is 323 g/mol. The van der Waals surface area contributed by atoms with E-state index in [4.69, 9.17) is 10.00 Å². The first-order valence-corrected chi connectivity index (χ1v) is 8.35. The molecule has 2 unspecified atom stereocenters. The predicted octanol–water partition coefficient (Wildman–Crippen LogP) is 2.69. The zero-order chi connectivity index (χ0) is 17.6. The Morgan fingerprint density at radius 3 is 2.35 bits per heavy atom. The zero-order valence-electron chi connectivity index (χ0n) is 14.9. The monoisotopic (exact) mass is 323 g/mol. The number of hydrogen-bond acceptors (Lipinski definition) is 4. The highest BCUT2D eigenvalue weighted by Gasteiger charge is 2.33. The van der Waals surface area contributed by atoms with Crippen LogP contribution in [0, 0.1) is 23.2 Å². The van der Waals surface area contributed by atoms with Gasteiger partial charge in [0, 0.05) is 19.0 Å². The highest BCUT2D eigenvalue weighted by Crippen LogP contribution is 2.19. The van der Waals surface area contributed by atoms with Gasteiger partial charge in [-0.25, -0.2) is 4.79 Å². The van der Waals surface area contributed by atoms with Gasteiger partial charge in [0.2, 0.25) is 5.91 Å². The van der Waals surface area contributed by atoms with E-state index in [1.54, 1.807) is 25.7 Å². The molecule has 130 valence electrons. The van der Waals surface area contributed by atoms with E-state index in [1.165, 1.54) is 0 Å². The Balaban J connectivity index is 2.72. The second-order valence-corrected chi connectivity index (χ2v) is 7.24. The topological polar surface area (TPSA) is 82.4 Å². The van der Waals surface area contributed by atoms with Crippen LogP contribution in [0.4, 0.5) is 4.79 Å². The number of nitriles is 1. The van der Waals surface area contributed by atoms with E-state index >= 15 is 0 Å². The first-order chi connectivity index (χ1) is 10.7. The smallest absolute Gasteiger partial charge is 0.408 e. The van der Waals surface area contributed by atoms with E-state index in [-0.39, 0.29) is 17.7 Å². The molecule has 0 aromatic carbocycles. The number of alkyl carbamates (subject to hydrolysis) is 1. The molecule has 1 aliphatic heterocycles. The summed E-state index contributed by atoms with van der Waals surface area (Å²) in [4.78, 5) is 26.5. The number of rotatable bonds is 4. The summed E-state index contributed by atoms with van der Waals surface area (Å²) in [5, 5.41) is 11.7. The quantitative estimate of drug-likeness (QED) is 0.862. The van der Waals surface area contributed by atoms with Crippen molar-refractivity contribution in [1.29, 1.82) is 5.26 Å². The number of hydrogen-bond donors (Lipinski definition) is 1. The van der Waals surface area contributed by atoms with Crippen molar-refractivity contribution in [2.24, 2.45) is 11.8 Å². The first kappa shape index (κ1) is 19.3. The molecule has 1 fully saturated rings. The van der Waals surface area contributed by atoms with Crippen LogP contribution in [-0.4, -0.2) is 41.6 Å². The van der Waals surface area contributed by atoms with Crippen molar-refractivity contribution in [1.82, 2.24) is 10.2 Å². The summed E-state index contributed by atoms with van der Waals surface area (Å²) in [6.45, 7) is 10.4. The molecule has 1 aliphatic rings. The lowest BCUT2D eigenvalue weighted by Crippen LogP contribution is -2.54. The molecule has 1 rings (SSSR count). The average Bonchev–Trinajstić information content (AvgIpc) is 2.49. The van der Waals surface area contributed by atoms with Crippen LogP contribution in [0.3, 0.4) is 0 Å². The second kappa shape index (κ2) is 8.19. The van der Waals surface area contributed by atoms with E-state index in [1.807, 2.05) is 13.8 Å². The van der Waals surface area contributed by atoms with E-state index in [2.05, 4.69) is 11.4 Å². The molecule has 6 nitrogen and oxygen atoms in total. The van der Waals surface area contributed by atoms with Crippen molar-refractivity contribution in [3.63, 3.8) is 0 Å². The van der Waals surface area contributed by atoms with E-state index in [0.29, 0.717) is 25.9 Å². The number of nitrogens with one attached hydrogen (secondary N) is 1. The molecule has 0 aromatic heterocycles. The van der Waals surface area contributed by atoms with Crippen molar-refractivity contribution in [3.05, 3.63) is 0 Å². The minimum atomic E-state index is -0.599. The zero-order valence-corrected chi connectivity index (χ0v) is 14.9. The van der Waals surface area contributed by atoms with Crippen LogP contribution in [0.25, 0.3) is 0 Å². The lowest BCUT2D eigenvalue weighted by Gasteiger charge is -2.34. The van der Waals surface area contributed by atoms with Gasteiger partial charge in [-0.3, -0.25) is 4.79 Å². The van der Waals surface area contributed by atoms with Crippen LogP contribution in [0.15, 0.2) is 0 Å². The van der Waals surface area contributed by atoms with Gasteiger partial charge >= 0.3 is 6.09 Å². The maximum absolute atomic E-state index is 12.8. The van der Waals surface area contributed by atoms with Gasteiger partial charge in [-0.15, -0.1) is 0 Å². The van der Waals surface area contributed by atoms with Gasteiger partial charge < -0.3 is 15.0 Å². The summed E-state index contributed by atoms with van der Waals surface area (Å²) in [7, 11) is 0. The van der Waals surface area contributed by atoms with Gasteiger partial charge in [-0.05, 0) is 39.5 Å². The molecule has 0 aliphatic carbocycles. The Hall–Kier alpha value is -1.77. The fourth-order valence-corrected chi connectivity index (χ4v) is 2.54. The van der Waals surface area contributed by atoms with Gasteiger partial charge in [0.1, 0.15) is 11.6 Å². The van der Waals surface area contributed by atoms with Gasteiger partial charge in [0.15, 0.2) is 0 Å². The Bertz CT molecular complexity index is 457. The number of likely N-dealkylation sites (tertiary alicyclic amines) is 1. The summed E-state index contributed by atoms with van der Waals surface area (Å²) in [5.41, 5.74) is -0.599. The molecule has 0 bridgehead atoms. The lowest BCUT2D eigenvalue weighted by atomic mass is 9.94. The Kier molecular flexibility index (Phi) is 6.86. The number of amides is 2. The molecule has 23 heavy (non-hydrogen) atoms. The number of nitrogens with zero attached hydrogens (tertiary/aromatic N) is 2. The standard InChI is InChI=1S/C17H29N3O3/c1-6-12(2)14(19-16(22)23-17(3,4)5)15(21)20-9-7-13(11-18)8-10-20/h12-14H,6-10H2,1-5H3,(H,19,22). The van der Waals surface area contributed by atoms with Crippen LogP contribution >= 0.6 is 0 Å². The number of carbonyl (C=O) groups is 2. The molecule has 1 N–H and O–H groups in total. The third kappa shape index (κ3) is 6.09. The fourth-order valence-electron chi connectivity index (χ4n) is 2.54. The largest absolute Gasteiger partial charge is 0.444 e. The highest BCUT2D eigenvalue weighted by atomic mass is 16.6. The molecular formula is C17H29N3O3. The molecule has 6 heteroatoms. The highest BCUT2D eigenvalue weighted by molar-refractivity contribution is 5.86. The van der Waals surface area contributed by atoms with Crippen LogP contribution in [-0.2, 0) is 9.53 Å². The molecule has 2 atom stereocenters. The summed E-state index contributed by atoms with van der Waals surface area (Å²) in [6, 6.07) is 1.67. The van der Waals surface area contributed by atoms with Crippen molar-refractivity contribution in [2.75, 3.05) is 13.1 Å². The van der Waals surface area contributed by atoms with E-state index in [9.17, 15) is 9.59 Å². The maximum Gasteiger partial charge on any atom is 0.408 e. The second-order valence-electron chi connectivity index (χ2n) is 7.24. The number of carbonyl (C=O) groups excluding carboxylic acids is 2. The first-order valence-electron chi connectivity index (χ1n) is 8.35. The minimum absolute atomic E-state index is 0.0173. The molecule has 0 saturated carbocycles. The lowest BCUT2D eigenvalue weighted by molar-refractivity contribution is -0.136. The van der Waals surface area contributed by atoms with Crippen molar-refractivity contribution >= 4 is 12.0 Å². The molecule has 0 spiro atoms. The Morgan fingerprint density at radius 1 is 1.35 bits per heavy atom. The van der Waals surface area contributed by atoms with Crippen LogP contribution < -0.4 is 5.32 Å². The third-order valence-corrected chi connectivity index (χ3v) is 4.14. The molecule has 1 saturated heterocycles. The van der Waals surface area contributed by atoms with Gasteiger partial charge in [-0.2, -0.15) is 5.26 Å². The SMILES string of the molecule is CCC(C)C(NC(=O)OC(C)(C)C)C(=O)N1CCC(C#N)CC1. The summed E-state index contributed by atoms with van der Waals surface area (Å²) in [5.74, 6) is -0.0368. The summed E-state index contributed by atoms with van der Waals surface area (Å²) >= 11 is 0. The van der Waals surface area contributed by atoms with Crippen LogP contribution in [0.2, 0.25) is 0 Å². The Labute approximate surface area is 139 Å². The normalized spacial score (nSPS) is 18.7. The van der Waals surface area contributed by atoms with Gasteiger partial charge in [0.05, 0.1) is 6.07 Å². The van der Waals surface area contributed by atoms with Crippen molar-refractivity contribution in [3.8, 4) is 6.07 Å². The summed E-state index contributed by atoms with van der Waals surface area (Å²) < 4.78 is 5.27. The van der Waals surface area contributed by atoms with Crippen molar-refractivity contribution < 1.29 is 14.3 Å². The van der Waals surface area contributed by atoms with E-state index < -0.39 is 17.7 Å². The van der Waals surface area contributed by atoms with E-state index in [0.717, 1.165) is 6.42 Å². The third-order valence-electron chi connectivity index (χ3n) is 4.14. The maximum atomic E-state index is 12.8. The van der Waals surface area contributed by atoms with Gasteiger partial charge in [-0.1, -0.05) is 20.3 Å². The summed E-state index contributed by atoms with van der Waals surface area (Å²) in [6.07, 6.45) is 1.60. The van der Waals surface area contributed by atoms with Crippen LogP contribution in [0.5, 0.6) is 0 Å². The molecule has 1 heterocycles. The molecule has 0 radical (unpaired) electrons. The minimum Gasteiger partial charge on any atom is -0.444 e. The molecular weight excluding hydrogens is 294 g/mol. The molecule has 0 aromatic rings. The Morgan fingerprint density at radius 2 is 1.91 bits per heavy atom. The molecule has 2 amide bonds. The fraction of sp³-hybridized carbons (Fsp3) is 0.824. The predicted molar refractivity (Wildman–Crippen MR) is 87.5 cm³/mol. The van der Waals surface area contributed by atoms with Crippen molar-refractivity contribution in [2.45, 2.75) is 65.5 Å².